The van der Waals surface area contributed by atoms with Crippen LogP contribution in [0.15, 0.2) is 0 Å². The maximum Gasteiger partial charge on any atom is 0.325 e. The van der Waals surface area contributed by atoms with Gasteiger partial charge in [-0.25, -0.2) is 0 Å². The van der Waals surface area contributed by atoms with Crippen molar-refractivity contribution in [1.82, 2.24) is 9.03 Å². The van der Waals surface area contributed by atoms with Crippen molar-refractivity contribution in [2.24, 2.45) is 0 Å². The summed E-state index contributed by atoms with van der Waals surface area (Å²) in [5.74, 6) is -0.184. The molecule has 1 fully saturated rings. The molecule has 1 saturated heterocycles. The van der Waals surface area contributed by atoms with E-state index in [1.807, 2.05) is 0 Å². The zero-order valence-corrected chi connectivity index (χ0v) is 11.8. The summed E-state index contributed by atoms with van der Waals surface area (Å²) in [5, 5.41) is 9.19. The first-order valence-electron chi connectivity index (χ1n) is 5.29. The number of nitrogens with one attached hydrogen (secondary N) is 1. The second-order valence-corrected chi connectivity index (χ2v) is 7.24. The van der Waals surface area contributed by atoms with Crippen molar-refractivity contribution >= 4 is 27.9 Å². The third-order valence-electron chi connectivity index (χ3n) is 2.86. The Labute approximate surface area is 106 Å². The van der Waals surface area contributed by atoms with Gasteiger partial charge in [-0.05, 0) is 26.0 Å². The van der Waals surface area contributed by atoms with Gasteiger partial charge in [0.2, 0.25) is 0 Å². The third kappa shape index (κ3) is 3.12. The zero-order chi connectivity index (χ0) is 13.3. The quantitative estimate of drug-likeness (QED) is 0.748. The van der Waals surface area contributed by atoms with E-state index in [9.17, 15) is 18.3 Å². The highest BCUT2D eigenvalue weighted by Gasteiger charge is 2.46. The summed E-state index contributed by atoms with van der Waals surface area (Å²) in [4.78, 5) is 11.2. The average Bonchev–Trinajstić information content (AvgIpc) is 2.65. The molecule has 1 rings (SSSR count). The molecule has 0 spiro atoms. The third-order valence-corrected chi connectivity index (χ3v) is 5.88. The molecule has 8 heteroatoms. The molecular formula is C9H18N2O4S2. The maximum absolute atomic E-state index is 12.0. The standard InChI is InChI=1S/C9H18N2O4S2/c1-7(2)11(3)17(14,15)10-9(8(12)13)4-5-16-6-9/h7,10H,4-6H2,1-3H3,(H,12,13). The fourth-order valence-corrected chi connectivity index (χ4v) is 4.33. The smallest absolute Gasteiger partial charge is 0.325 e. The molecule has 1 aliphatic rings. The predicted molar refractivity (Wildman–Crippen MR) is 67.3 cm³/mol. The summed E-state index contributed by atoms with van der Waals surface area (Å²) < 4.78 is 27.4. The number of hydrogen-bond donors (Lipinski definition) is 2. The van der Waals surface area contributed by atoms with Gasteiger partial charge in [-0.2, -0.15) is 29.2 Å². The van der Waals surface area contributed by atoms with Gasteiger partial charge in [0.15, 0.2) is 0 Å². The molecular weight excluding hydrogens is 264 g/mol. The van der Waals surface area contributed by atoms with Gasteiger partial charge < -0.3 is 5.11 Å². The Hall–Kier alpha value is -0.310. The molecule has 0 radical (unpaired) electrons. The van der Waals surface area contributed by atoms with Gasteiger partial charge in [0, 0.05) is 18.8 Å². The van der Waals surface area contributed by atoms with Crippen LogP contribution in [0.25, 0.3) is 0 Å². The number of nitrogens with zero attached hydrogens (tertiary/aromatic N) is 1. The van der Waals surface area contributed by atoms with Crippen LogP contribution in [0.1, 0.15) is 20.3 Å². The van der Waals surface area contributed by atoms with E-state index in [2.05, 4.69) is 4.72 Å². The van der Waals surface area contributed by atoms with E-state index in [4.69, 9.17) is 0 Å². The summed E-state index contributed by atoms with van der Waals surface area (Å²) in [6.45, 7) is 3.46. The van der Waals surface area contributed by atoms with Crippen molar-refractivity contribution in [2.45, 2.75) is 31.8 Å². The largest absolute Gasteiger partial charge is 0.480 e. The second kappa shape index (κ2) is 5.13. The predicted octanol–water partition coefficient (Wildman–Crippen LogP) is 0.121. The molecule has 0 saturated carbocycles. The number of rotatable bonds is 5. The molecule has 1 unspecified atom stereocenters. The molecule has 0 aromatic heterocycles. The molecule has 0 aromatic rings. The Morgan fingerprint density at radius 3 is 2.47 bits per heavy atom. The molecule has 2 N–H and O–H groups in total. The number of carbonyl (C=O) groups is 1. The van der Waals surface area contributed by atoms with Crippen molar-refractivity contribution < 1.29 is 18.3 Å². The first kappa shape index (κ1) is 14.7. The van der Waals surface area contributed by atoms with Crippen molar-refractivity contribution in [2.75, 3.05) is 18.6 Å². The summed E-state index contributed by atoms with van der Waals surface area (Å²) in [6, 6.07) is -0.215. The van der Waals surface area contributed by atoms with Crippen LogP contribution in [0.2, 0.25) is 0 Å². The normalized spacial score (nSPS) is 25.7. The Morgan fingerprint density at radius 2 is 2.12 bits per heavy atom. The Kier molecular flexibility index (Phi) is 4.45. The summed E-state index contributed by atoms with van der Waals surface area (Å²) in [5.41, 5.74) is -1.35. The van der Waals surface area contributed by atoms with Crippen LogP contribution < -0.4 is 4.72 Å². The monoisotopic (exact) mass is 282 g/mol. The minimum absolute atomic E-state index is 0.215. The summed E-state index contributed by atoms with van der Waals surface area (Å²) in [7, 11) is -2.32. The van der Waals surface area contributed by atoms with E-state index >= 15 is 0 Å². The molecule has 100 valence electrons. The van der Waals surface area contributed by atoms with E-state index in [1.54, 1.807) is 13.8 Å². The number of aliphatic carboxylic acids is 1. The summed E-state index contributed by atoms with van der Waals surface area (Å²) in [6.07, 6.45) is 0.318. The van der Waals surface area contributed by atoms with Crippen molar-refractivity contribution in [3.8, 4) is 0 Å². The molecule has 0 aliphatic carbocycles. The van der Waals surface area contributed by atoms with Gasteiger partial charge in [0.05, 0.1) is 0 Å². The lowest BCUT2D eigenvalue weighted by Crippen LogP contribution is -2.58. The van der Waals surface area contributed by atoms with Gasteiger partial charge in [-0.15, -0.1) is 0 Å². The van der Waals surface area contributed by atoms with E-state index < -0.39 is 21.7 Å². The van der Waals surface area contributed by atoms with Crippen LogP contribution in [-0.2, 0) is 15.0 Å². The van der Waals surface area contributed by atoms with E-state index in [0.29, 0.717) is 12.2 Å². The molecule has 1 heterocycles. The Balaban J connectivity index is 2.92. The number of carboxylic acid groups (broad SMARTS) is 1. The van der Waals surface area contributed by atoms with Gasteiger partial charge in [0.1, 0.15) is 5.54 Å². The first-order chi connectivity index (χ1) is 7.71. The van der Waals surface area contributed by atoms with Gasteiger partial charge in [-0.1, -0.05) is 0 Å². The number of thioether (sulfide) groups is 1. The van der Waals surface area contributed by atoms with Crippen LogP contribution >= 0.6 is 11.8 Å². The van der Waals surface area contributed by atoms with Gasteiger partial charge in [0.25, 0.3) is 10.2 Å². The Bertz CT molecular complexity index is 388. The zero-order valence-electron chi connectivity index (χ0n) is 10.1. The van der Waals surface area contributed by atoms with Crippen molar-refractivity contribution in [3.05, 3.63) is 0 Å². The van der Waals surface area contributed by atoms with Crippen molar-refractivity contribution in [3.63, 3.8) is 0 Å². The molecule has 6 nitrogen and oxygen atoms in total. The summed E-state index contributed by atoms with van der Waals surface area (Å²) >= 11 is 1.44. The van der Waals surface area contributed by atoms with E-state index in [0.717, 1.165) is 4.31 Å². The Morgan fingerprint density at radius 1 is 1.53 bits per heavy atom. The minimum atomic E-state index is -3.76. The topological polar surface area (TPSA) is 86.7 Å². The average molecular weight is 282 g/mol. The maximum atomic E-state index is 12.0. The van der Waals surface area contributed by atoms with Crippen LogP contribution in [0, 0.1) is 0 Å². The second-order valence-electron chi connectivity index (χ2n) is 4.41. The van der Waals surface area contributed by atoms with Crippen LogP contribution in [0.4, 0.5) is 0 Å². The SMILES string of the molecule is CC(C)N(C)S(=O)(=O)NC1(C(=O)O)CCSC1. The number of carboxylic acids is 1. The molecule has 17 heavy (non-hydrogen) atoms. The van der Waals surface area contributed by atoms with Gasteiger partial charge in [-0.3, -0.25) is 4.79 Å². The van der Waals surface area contributed by atoms with E-state index in [1.165, 1.54) is 18.8 Å². The fourth-order valence-electron chi connectivity index (χ4n) is 1.45. The molecule has 0 amide bonds. The van der Waals surface area contributed by atoms with Crippen LogP contribution in [0.5, 0.6) is 0 Å². The highest BCUT2D eigenvalue weighted by Crippen LogP contribution is 2.29. The van der Waals surface area contributed by atoms with Crippen LogP contribution in [0.3, 0.4) is 0 Å². The minimum Gasteiger partial charge on any atom is -0.480 e. The first-order valence-corrected chi connectivity index (χ1v) is 7.89. The molecule has 0 bridgehead atoms. The van der Waals surface area contributed by atoms with E-state index in [-0.39, 0.29) is 11.8 Å². The molecule has 1 aliphatic heterocycles. The number of hydrogen-bond acceptors (Lipinski definition) is 4. The highest BCUT2D eigenvalue weighted by molar-refractivity contribution is 7.99. The highest BCUT2D eigenvalue weighted by atomic mass is 32.2. The van der Waals surface area contributed by atoms with Crippen molar-refractivity contribution in [1.29, 1.82) is 0 Å². The molecule has 1 atom stereocenters. The fraction of sp³-hybridized carbons (Fsp3) is 0.889. The lowest BCUT2D eigenvalue weighted by Gasteiger charge is -2.29. The van der Waals surface area contributed by atoms with Crippen LogP contribution in [-0.4, -0.2) is 53.9 Å². The molecule has 0 aromatic carbocycles. The van der Waals surface area contributed by atoms with Gasteiger partial charge >= 0.3 is 5.97 Å². The lowest BCUT2D eigenvalue weighted by atomic mass is 10.0. The lowest BCUT2D eigenvalue weighted by molar-refractivity contribution is -0.143.